The zero-order valence-electron chi connectivity index (χ0n) is 65.7. The molecule has 110 heavy (non-hydrogen) atoms. The summed E-state index contributed by atoms with van der Waals surface area (Å²) in [6.07, 6.45) is 8.91. The molecule has 0 aliphatic heterocycles. The molecule has 0 saturated heterocycles. The van der Waals surface area contributed by atoms with E-state index in [1.54, 1.807) is 18.3 Å². The average molecular weight is 2010 g/mol. The van der Waals surface area contributed by atoms with E-state index in [1.165, 1.54) is 88.6 Å². The normalized spacial score (nSPS) is 11.4. The smallest absolute Gasteiger partial charge is 0.155 e. The molecule has 0 spiro atoms. The second kappa shape index (κ2) is 40.2. The molecule has 7 aromatic carbocycles. The number of allylic oxidation sites excluding steroid dienone is 6. The largest absolute Gasteiger partial charge is 0.512 e. The van der Waals surface area contributed by atoms with Crippen LogP contribution < -0.4 is 0 Å². The molecule has 13 aromatic rings. The van der Waals surface area contributed by atoms with Crippen molar-refractivity contribution in [1.82, 2.24) is 15.0 Å². The molecule has 0 fully saturated rings. The third-order valence-corrected chi connectivity index (χ3v) is 16.7. The van der Waals surface area contributed by atoms with E-state index in [0.717, 1.165) is 123 Å². The zero-order chi connectivity index (χ0) is 78.2. The molecule has 6 heterocycles. The van der Waals surface area contributed by atoms with Gasteiger partial charge in [-0.1, -0.05) is 192 Å². The van der Waals surface area contributed by atoms with Crippen LogP contribution in [0.5, 0.6) is 0 Å². The van der Waals surface area contributed by atoms with Crippen molar-refractivity contribution in [3.63, 3.8) is 0 Å². The molecule has 6 aromatic heterocycles. The summed E-state index contributed by atoms with van der Waals surface area (Å²) in [6.45, 7) is 36.9. The number of fused-ring (bicyclic) bond motifs is 3. The molecular formula is C94H95FIr3N3O9-3. The van der Waals surface area contributed by atoms with Gasteiger partial charge in [0.1, 0.15) is 23.1 Å². The molecule has 12 nitrogen and oxygen atoms in total. The third-order valence-electron chi connectivity index (χ3n) is 16.7. The summed E-state index contributed by atoms with van der Waals surface area (Å²) in [7, 11) is 0. The number of rotatable bonds is 10. The molecule has 13 rings (SSSR count). The summed E-state index contributed by atoms with van der Waals surface area (Å²) < 4.78 is 31.5. The molecule has 0 atom stereocenters. The number of benzene rings is 7. The van der Waals surface area contributed by atoms with Gasteiger partial charge in [-0.3, -0.25) is 14.4 Å². The zero-order valence-corrected chi connectivity index (χ0v) is 72.9. The summed E-state index contributed by atoms with van der Waals surface area (Å²) in [5.74, 6) is 2.03. The Morgan fingerprint density at radius 1 is 0.391 bits per heavy atom. The van der Waals surface area contributed by atoms with Crippen molar-refractivity contribution < 1.29 is 108 Å². The first kappa shape index (κ1) is 90.7. The molecule has 0 aliphatic rings. The van der Waals surface area contributed by atoms with Crippen LogP contribution in [0.15, 0.2) is 243 Å². The predicted molar refractivity (Wildman–Crippen MR) is 433 cm³/mol. The first-order valence-corrected chi connectivity index (χ1v) is 35.3. The van der Waals surface area contributed by atoms with Gasteiger partial charge in [0.25, 0.3) is 0 Å². The van der Waals surface area contributed by atoms with E-state index in [2.05, 4.69) is 215 Å². The monoisotopic (exact) mass is 2010 g/mol. The van der Waals surface area contributed by atoms with Gasteiger partial charge in [0, 0.05) is 123 Å². The van der Waals surface area contributed by atoms with Crippen molar-refractivity contribution in [3.05, 3.63) is 293 Å². The van der Waals surface area contributed by atoms with E-state index < -0.39 is 0 Å². The summed E-state index contributed by atoms with van der Waals surface area (Å²) in [5, 5.41) is 28.2. The SMILES string of the molecule is CC(=O)C=C(C)O.CC(=O)C=C(C)O.CC(=O)C=C(C)O.Cc1[c-]c(-c2cc3c(-c4ccccc4)c(-c4ccccc4)oc3cn2)cc(C(C)(C)C)c1.Cc1[c-]c(-c2cc3c(C)c(-c4ccccc4)oc3cn2)cc(C(C)(C)C)c1.Cc1[c-]c(-c2cc3cc(-c4ccc(F)cc4)oc3cn2)cc(C(C)(C)C)c1.[Ir].[Ir].[Ir]. The van der Waals surface area contributed by atoms with Crippen molar-refractivity contribution >= 4 is 50.3 Å². The van der Waals surface area contributed by atoms with E-state index in [1.807, 2.05) is 67.0 Å². The summed E-state index contributed by atoms with van der Waals surface area (Å²) in [5.41, 5.74) is 21.8. The second-order valence-electron chi connectivity index (χ2n) is 29.7. The second-order valence-corrected chi connectivity index (χ2v) is 29.7. The maximum Gasteiger partial charge on any atom is 0.155 e. The molecule has 16 heteroatoms. The number of nitrogens with zero attached hydrogens (tertiary/aromatic N) is 3. The van der Waals surface area contributed by atoms with Crippen LogP contribution in [0.3, 0.4) is 0 Å². The number of furan rings is 3. The fourth-order valence-corrected chi connectivity index (χ4v) is 11.6. The van der Waals surface area contributed by atoms with Gasteiger partial charge >= 0.3 is 0 Å². The minimum absolute atomic E-state index is 0. The van der Waals surface area contributed by atoms with Gasteiger partial charge < -0.3 is 43.5 Å². The van der Waals surface area contributed by atoms with Crippen LogP contribution in [0.1, 0.15) is 143 Å². The van der Waals surface area contributed by atoms with Gasteiger partial charge in [-0.2, -0.15) is 0 Å². The van der Waals surface area contributed by atoms with Crippen LogP contribution in [0, 0.1) is 51.7 Å². The van der Waals surface area contributed by atoms with Gasteiger partial charge in [0.15, 0.2) is 34.1 Å². The number of carbonyl (C=O) groups excluding carboxylic acids is 3. The molecular weight excluding hydrogens is 1910 g/mol. The van der Waals surface area contributed by atoms with E-state index in [4.69, 9.17) is 33.6 Å². The number of halogens is 1. The molecule has 3 N–H and O–H groups in total. The van der Waals surface area contributed by atoms with Crippen LogP contribution in [-0.4, -0.2) is 47.6 Å². The Morgan fingerprint density at radius 3 is 1.09 bits per heavy atom. The topological polar surface area (TPSA) is 190 Å². The van der Waals surface area contributed by atoms with Gasteiger partial charge in [-0.25, -0.2) is 4.39 Å². The number of pyridine rings is 3. The van der Waals surface area contributed by atoms with Crippen molar-refractivity contribution in [2.45, 2.75) is 148 Å². The number of hydrogen-bond acceptors (Lipinski definition) is 12. The minimum Gasteiger partial charge on any atom is -0.512 e. The molecule has 0 amide bonds. The number of ketones is 3. The van der Waals surface area contributed by atoms with Crippen LogP contribution in [-0.2, 0) is 90.9 Å². The summed E-state index contributed by atoms with van der Waals surface area (Å²) >= 11 is 0. The maximum absolute atomic E-state index is 13.2. The van der Waals surface area contributed by atoms with Gasteiger partial charge in [0.2, 0.25) is 0 Å². The Morgan fingerprint density at radius 2 is 0.727 bits per heavy atom. The number of aryl methyl sites for hydroxylation is 4. The summed E-state index contributed by atoms with van der Waals surface area (Å²) in [4.78, 5) is 44.1. The number of aliphatic hydroxyl groups excluding tert-OH is 3. The molecule has 0 bridgehead atoms. The number of hydrogen-bond donors (Lipinski definition) is 3. The molecule has 0 saturated carbocycles. The average Bonchev–Trinajstić information content (AvgIpc) is 1.61. The first-order chi connectivity index (χ1) is 50.4. The van der Waals surface area contributed by atoms with Gasteiger partial charge in [-0.05, 0) is 118 Å². The van der Waals surface area contributed by atoms with Crippen LogP contribution in [0.2, 0.25) is 0 Å². The third kappa shape index (κ3) is 25.9. The van der Waals surface area contributed by atoms with E-state index >= 15 is 0 Å². The van der Waals surface area contributed by atoms with Crippen LogP contribution >= 0.6 is 0 Å². The fraction of sp³-hybridized carbons (Fsp3) is 0.234. The molecule has 0 unspecified atom stereocenters. The van der Waals surface area contributed by atoms with E-state index in [0.29, 0.717) is 11.3 Å². The Hall–Kier alpha value is -9.88. The van der Waals surface area contributed by atoms with E-state index in [9.17, 15) is 18.8 Å². The Kier molecular flexibility index (Phi) is 33.1. The number of aromatic nitrogens is 3. The number of carbonyl (C=O) groups is 3. The minimum atomic E-state index is -0.261. The fourth-order valence-electron chi connectivity index (χ4n) is 11.6. The Labute approximate surface area is 687 Å². The molecule has 0 aliphatic carbocycles. The Balaban J connectivity index is 0.000000258. The van der Waals surface area contributed by atoms with Gasteiger partial charge in [0.05, 0.1) is 35.9 Å². The maximum atomic E-state index is 13.2. The summed E-state index contributed by atoms with van der Waals surface area (Å²) in [6, 6.07) is 69.0. The first-order valence-electron chi connectivity index (χ1n) is 35.3. The van der Waals surface area contributed by atoms with Crippen LogP contribution in [0.4, 0.5) is 4.39 Å². The van der Waals surface area contributed by atoms with Crippen LogP contribution in [0.25, 0.3) is 112 Å². The standard InChI is InChI=1S/C30H26NO.C25H24NO.C24H21FNO.3C5H8O2.3Ir/c1-20-15-23(17-24(16-20)30(2,3)4)26-18-25-27(19-31-26)32-29(22-13-9-6-10-14-22)28(25)21-11-7-5-8-12-21;1-16-11-19(13-20(12-16)25(3,4)5)22-14-21-17(2)24(27-23(21)15-26-22)18-9-7-6-8-10-18;1-15-9-17(11-19(10-15)24(2,3)4)21-12-18-13-22(27-23(18)14-26-21)16-5-7-20(25)8-6-16;3*1-4(6)3-5(2)7;;;/h5-14,16-19H,1-4H3;6-10,12-15H,1-5H3;5-8,10-14H,1-4H3;3*3,6H,1-2H3;;;/q3*-1;;;;;;. The molecule has 3 radical (unpaired) electrons. The van der Waals surface area contributed by atoms with Crippen molar-refractivity contribution in [1.29, 1.82) is 0 Å². The molecule has 577 valence electrons. The quantitative estimate of drug-likeness (QED) is 0.0668. The Bertz CT molecular complexity index is 5310. The van der Waals surface area contributed by atoms with Crippen molar-refractivity contribution in [2.24, 2.45) is 0 Å². The van der Waals surface area contributed by atoms with Crippen molar-refractivity contribution in [3.8, 4) is 78.9 Å². The van der Waals surface area contributed by atoms with Crippen molar-refractivity contribution in [2.75, 3.05) is 0 Å². The predicted octanol–water partition coefficient (Wildman–Crippen LogP) is 24.9. The van der Waals surface area contributed by atoms with Gasteiger partial charge in [-0.15, -0.1) is 105 Å². The number of aliphatic hydroxyl groups is 3. The van der Waals surface area contributed by atoms with E-state index in [-0.39, 0.29) is 117 Å².